The van der Waals surface area contributed by atoms with Gasteiger partial charge in [-0.05, 0) is 75.1 Å². The molecule has 0 saturated heterocycles. The van der Waals surface area contributed by atoms with Gasteiger partial charge < -0.3 is 0 Å². The third-order valence-corrected chi connectivity index (χ3v) is 7.83. The van der Waals surface area contributed by atoms with Crippen LogP contribution in [0.15, 0.2) is 48.5 Å². The lowest BCUT2D eigenvalue weighted by atomic mass is 9.70. The predicted molar refractivity (Wildman–Crippen MR) is 120 cm³/mol. The van der Waals surface area contributed by atoms with Crippen molar-refractivity contribution in [2.75, 3.05) is 0 Å². The molecule has 142 valence electrons. The second-order valence-corrected chi connectivity index (χ2v) is 9.59. The summed E-state index contributed by atoms with van der Waals surface area (Å²) < 4.78 is 0. The fraction of sp³-hybridized carbons (Fsp3) is 0.481. The third-order valence-electron chi connectivity index (χ3n) is 7.83. The van der Waals surface area contributed by atoms with E-state index in [1.165, 1.54) is 47.2 Å². The molecule has 1 aliphatic carbocycles. The zero-order valence-corrected chi connectivity index (χ0v) is 17.7. The lowest BCUT2D eigenvalue weighted by Gasteiger charge is -2.34. The van der Waals surface area contributed by atoms with Gasteiger partial charge in [0.25, 0.3) is 0 Å². The van der Waals surface area contributed by atoms with Gasteiger partial charge in [-0.25, -0.2) is 0 Å². The maximum Gasteiger partial charge on any atom is -0.00435 e. The van der Waals surface area contributed by atoms with Gasteiger partial charge in [0.05, 0.1) is 0 Å². The monoisotopic (exact) mass is 358 g/mol. The molecule has 27 heavy (non-hydrogen) atoms. The smallest absolute Gasteiger partial charge is 0.00435 e. The van der Waals surface area contributed by atoms with Crippen LogP contribution in [-0.2, 0) is 11.8 Å². The van der Waals surface area contributed by atoms with E-state index in [1.807, 2.05) is 0 Å². The molecule has 2 unspecified atom stereocenters. The summed E-state index contributed by atoms with van der Waals surface area (Å²) in [4.78, 5) is 0. The largest absolute Gasteiger partial charge is 0.0625 e. The van der Waals surface area contributed by atoms with E-state index in [4.69, 9.17) is 0 Å². The summed E-state index contributed by atoms with van der Waals surface area (Å²) in [5.41, 5.74) is 3.56. The standard InChI is InChI=1S/C27H34/c1-18(2)19(3)10-11-20(4)27(5)17-16-25-24-13-12-21-8-6-7-9-22(21)23(24)14-15-26(25)27/h6-9,12-15,18-20H,10-11,16-17H2,1-5H3/t19?,20?,27-/m1/s1. The highest BCUT2D eigenvalue weighted by atomic mass is 14.4. The Morgan fingerprint density at radius 1 is 0.815 bits per heavy atom. The van der Waals surface area contributed by atoms with E-state index in [9.17, 15) is 0 Å². The summed E-state index contributed by atoms with van der Waals surface area (Å²) in [5, 5.41) is 5.65. The molecule has 0 radical (unpaired) electrons. The maximum atomic E-state index is 2.52. The van der Waals surface area contributed by atoms with Crippen LogP contribution in [0.25, 0.3) is 21.5 Å². The Bertz CT molecular complexity index is 964. The van der Waals surface area contributed by atoms with Crippen LogP contribution in [0.5, 0.6) is 0 Å². The van der Waals surface area contributed by atoms with Crippen LogP contribution in [0.4, 0.5) is 0 Å². The van der Waals surface area contributed by atoms with Crippen LogP contribution in [0.1, 0.15) is 65.0 Å². The van der Waals surface area contributed by atoms with Crippen LogP contribution in [0.3, 0.4) is 0 Å². The Kier molecular flexibility index (Phi) is 4.78. The third kappa shape index (κ3) is 3.08. The first kappa shape index (κ1) is 18.5. The molecule has 0 nitrogen and oxygen atoms in total. The Morgan fingerprint density at radius 3 is 2.33 bits per heavy atom. The van der Waals surface area contributed by atoms with Gasteiger partial charge in [0, 0.05) is 0 Å². The predicted octanol–water partition coefficient (Wildman–Crippen LogP) is 7.91. The van der Waals surface area contributed by atoms with Gasteiger partial charge in [-0.15, -0.1) is 0 Å². The van der Waals surface area contributed by atoms with E-state index in [1.54, 1.807) is 11.1 Å². The Morgan fingerprint density at radius 2 is 1.56 bits per heavy atom. The number of fused-ring (bicyclic) bond motifs is 5. The van der Waals surface area contributed by atoms with Gasteiger partial charge in [0.15, 0.2) is 0 Å². The molecule has 4 rings (SSSR count). The summed E-state index contributed by atoms with van der Waals surface area (Å²) in [6, 6.07) is 18.3. The summed E-state index contributed by atoms with van der Waals surface area (Å²) >= 11 is 0. The second kappa shape index (κ2) is 6.97. The molecule has 0 bridgehead atoms. The van der Waals surface area contributed by atoms with Gasteiger partial charge in [0.1, 0.15) is 0 Å². The van der Waals surface area contributed by atoms with Gasteiger partial charge in [-0.3, -0.25) is 0 Å². The topological polar surface area (TPSA) is 0 Å². The van der Waals surface area contributed by atoms with Crippen LogP contribution >= 0.6 is 0 Å². The zero-order valence-electron chi connectivity index (χ0n) is 17.7. The number of hydrogen-bond donors (Lipinski definition) is 0. The fourth-order valence-electron chi connectivity index (χ4n) is 5.15. The van der Waals surface area contributed by atoms with Crippen molar-refractivity contribution < 1.29 is 0 Å². The minimum atomic E-state index is 0.325. The maximum absolute atomic E-state index is 2.52. The molecule has 0 spiro atoms. The number of hydrogen-bond acceptors (Lipinski definition) is 0. The molecule has 1 aliphatic rings. The second-order valence-electron chi connectivity index (χ2n) is 9.59. The Hall–Kier alpha value is -1.82. The van der Waals surface area contributed by atoms with Crippen molar-refractivity contribution in [3.8, 4) is 0 Å². The summed E-state index contributed by atoms with van der Waals surface area (Å²) in [5.74, 6) is 2.34. The normalized spacial score (nSPS) is 21.7. The molecule has 3 aromatic carbocycles. The van der Waals surface area contributed by atoms with Crippen molar-refractivity contribution in [2.24, 2.45) is 17.8 Å². The van der Waals surface area contributed by atoms with Crippen LogP contribution in [0.2, 0.25) is 0 Å². The average Bonchev–Trinajstić information content (AvgIpc) is 3.03. The molecule has 0 N–H and O–H groups in total. The van der Waals surface area contributed by atoms with Crippen molar-refractivity contribution in [1.29, 1.82) is 0 Å². The quantitative estimate of drug-likeness (QED) is 0.406. The van der Waals surface area contributed by atoms with Crippen molar-refractivity contribution >= 4 is 21.5 Å². The van der Waals surface area contributed by atoms with Gasteiger partial charge >= 0.3 is 0 Å². The number of benzene rings is 3. The molecule has 0 heteroatoms. The SMILES string of the molecule is CC(C)C(C)CCC(C)[C@@]1(C)CCc2c1ccc1c2ccc2ccccc21. The van der Waals surface area contributed by atoms with Crippen LogP contribution in [-0.4, -0.2) is 0 Å². The molecule has 0 saturated carbocycles. The first-order valence-corrected chi connectivity index (χ1v) is 10.9. The van der Waals surface area contributed by atoms with Crippen molar-refractivity contribution in [3.63, 3.8) is 0 Å². The van der Waals surface area contributed by atoms with E-state index in [2.05, 4.69) is 83.1 Å². The lowest BCUT2D eigenvalue weighted by molar-refractivity contribution is 0.260. The molecule has 0 aliphatic heterocycles. The molecule has 0 heterocycles. The molecule has 3 aromatic rings. The highest BCUT2D eigenvalue weighted by molar-refractivity contribution is 6.08. The Labute approximate surface area is 165 Å². The van der Waals surface area contributed by atoms with Crippen LogP contribution < -0.4 is 0 Å². The highest BCUT2D eigenvalue weighted by Gasteiger charge is 2.39. The van der Waals surface area contributed by atoms with Gasteiger partial charge in [0.2, 0.25) is 0 Å². The summed E-state index contributed by atoms with van der Waals surface area (Å²) in [6.45, 7) is 12.2. The van der Waals surface area contributed by atoms with E-state index in [0.717, 1.165) is 17.8 Å². The van der Waals surface area contributed by atoms with Gasteiger partial charge in [-0.2, -0.15) is 0 Å². The summed E-state index contributed by atoms with van der Waals surface area (Å²) in [6.07, 6.45) is 5.21. The van der Waals surface area contributed by atoms with Gasteiger partial charge in [-0.1, -0.05) is 89.6 Å². The van der Waals surface area contributed by atoms with Crippen molar-refractivity contribution in [2.45, 2.75) is 65.7 Å². The zero-order chi connectivity index (χ0) is 19.2. The molecule has 0 aromatic heterocycles. The van der Waals surface area contributed by atoms with Crippen molar-refractivity contribution in [3.05, 3.63) is 59.7 Å². The Balaban J connectivity index is 1.71. The van der Waals surface area contributed by atoms with E-state index < -0.39 is 0 Å². The molecule has 0 amide bonds. The average molecular weight is 359 g/mol. The lowest BCUT2D eigenvalue weighted by Crippen LogP contribution is -2.28. The minimum absolute atomic E-state index is 0.325. The van der Waals surface area contributed by atoms with Crippen LogP contribution in [0, 0.1) is 17.8 Å². The first-order chi connectivity index (χ1) is 12.9. The first-order valence-electron chi connectivity index (χ1n) is 10.9. The summed E-state index contributed by atoms with van der Waals surface area (Å²) in [7, 11) is 0. The minimum Gasteiger partial charge on any atom is -0.0625 e. The number of rotatable bonds is 5. The number of aryl methyl sites for hydroxylation is 1. The van der Waals surface area contributed by atoms with E-state index in [0.29, 0.717) is 5.41 Å². The molecular weight excluding hydrogens is 324 g/mol. The van der Waals surface area contributed by atoms with E-state index in [-0.39, 0.29) is 0 Å². The molecule has 3 atom stereocenters. The van der Waals surface area contributed by atoms with E-state index >= 15 is 0 Å². The van der Waals surface area contributed by atoms with Crippen molar-refractivity contribution in [1.82, 2.24) is 0 Å². The molecule has 0 fully saturated rings. The highest BCUT2D eigenvalue weighted by Crippen LogP contribution is 2.48. The molecular formula is C27H34. The fourth-order valence-corrected chi connectivity index (χ4v) is 5.15.